The van der Waals surface area contributed by atoms with Crippen molar-refractivity contribution >= 4 is 12.4 Å². The van der Waals surface area contributed by atoms with E-state index in [1.54, 1.807) is 0 Å². The van der Waals surface area contributed by atoms with Gasteiger partial charge in [0.05, 0.1) is 0 Å². The van der Waals surface area contributed by atoms with Crippen LogP contribution in [-0.2, 0) is 19.5 Å². The Bertz CT molecular complexity index is 44.5. The van der Waals surface area contributed by atoms with Gasteiger partial charge < -0.3 is 0 Å². The third-order valence-electron chi connectivity index (χ3n) is 0.575. The first-order valence-electron chi connectivity index (χ1n) is 2.13. The second-order valence-electron chi connectivity index (χ2n) is 1.15. The fraction of sp³-hybridized carbons (Fsp3) is 0.333. The van der Waals surface area contributed by atoms with Crippen LogP contribution >= 0.6 is 12.4 Å². The number of rotatable bonds is 3. The molecule has 0 saturated heterocycles. The van der Waals surface area contributed by atoms with Crippen LogP contribution in [0.5, 0.6) is 0 Å². The molecule has 2 heteroatoms. The van der Waals surface area contributed by atoms with E-state index in [0.29, 0.717) is 0 Å². The molecular weight excluding hydrogens is 210 g/mol. The van der Waals surface area contributed by atoms with E-state index in [9.17, 15) is 0 Å². The third kappa shape index (κ3) is 16.2. The topological polar surface area (TPSA) is 0 Å². The van der Waals surface area contributed by atoms with Crippen LogP contribution < -0.4 is 0 Å². The van der Waals surface area contributed by atoms with Gasteiger partial charge in [-0.2, -0.15) is 0 Å². The first kappa shape index (κ1) is 15.8. The minimum atomic E-state index is 0. The van der Waals surface area contributed by atoms with Gasteiger partial charge in [-0.15, -0.1) is 25.6 Å². The van der Waals surface area contributed by atoms with Crippen molar-refractivity contribution in [3.63, 3.8) is 0 Å². The summed E-state index contributed by atoms with van der Waals surface area (Å²) in [6, 6.07) is 0. The summed E-state index contributed by atoms with van der Waals surface area (Å²) >= 11 is 0. The predicted octanol–water partition coefficient (Wildman–Crippen LogP) is 2.56. The molecule has 0 aliphatic rings. The Balaban J connectivity index is -0.000000125. The van der Waals surface area contributed by atoms with Crippen molar-refractivity contribution in [1.82, 2.24) is 0 Å². The minimum Gasteiger partial charge on any atom is -0.147 e. The Morgan fingerprint density at radius 1 is 1.00 bits per heavy atom. The summed E-state index contributed by atoms with van der Waals surface area (Å²) in [6.07, 6.45) is 5.90. The molecule has 0 unspecified atom stereocenters. The largest absolute Gasteiger partial charge is 0.147 e. The van der Waals surface area contributed by atoms with Gasteiger partial charge in [-0.1, -0.05) is 12.2 Å². The molecule has 0 amide bonds. The van der Waals surface area contributed by atoms with Gasteiger partial charge in [0.15, 0.2) is 0 Å². The molecule has 0 bridgehead atoms. The van der Waals surface area contributed by atoms with E-state index in [2.05, 4.69) is 13.2 Å². The fourth-order valence-electron chi connectivity index (χ4n) is 0.236. The second-order valence-corrected chi connectivity index (χ2v) is 1.15. The van der Waals surface area contributed by atoms with E-state index in [0.717, 1.165) is 12.8 Å². The number of hydrogen-bond donors (Lipinski definition) is 0. The first-order valence-corrected chi connectivity index (χ1v) is 2.13. The van der Waals surface area contributed by atoms with Crippen molar-refractivity contribution in [1.29, 1.82) is 0 Å². The molecule has 0 fully saturated rings. The molecular formula is C6H11ClRh. The van der Waals surface area contributed by atoms with Crippen molar-refractivity contribution < 1.29 is 19.5 Å². The average molecular weight is 222 g/mol. The average Bonchev–Trinajstić information content (AvgIpc) is 1.61. The van der Waals surface area contributed by atoms with Gasteiger partial charge in [0.2, 0.25) is 0 Å². The first-order chi connectivity index (χ1) is 2.91. The zero-order valence-electron chi connectivity index (χ0n) is 4.72. The van der Waals surface area contributed by atoms with Crippen LogP contribution in [0.3, 0.4) is 0 Å². The Morgan fingerprint density at radius 3 is 1.38 bits per heavy atom. The van der Waals surface area contributed by atoms with Crippen LogP contribution in [0.4, 0.5) is 0 Å². The maximum atomic E-state index is 3.55. The normalized spacial score (nSPS) is 5.50. The van der Waals surface area contributed by atoms with Crippen LogP contribution in [0.2, 0.25) is 0 Å². The molecule has 0 aromatic rings. The SMILES string of the molecule is C=CCCC=C.Cl.[Rh]. The molecule has 0 heterocycles. The molecule has 0 rings (SSSR count). The maximum absolute atomic E-state index is 3.55. The molecule has 0 N–H and O–H groups in total. The summed E-state index contributed by atoms with van der Waals surface area (Å²) in [7, 11) is 0. The van der Waals surface area contributed by atoms with Crippen LogP contribution in [0, 0.1) is 0 Å². The van der Waals surface area contributed by atoms with E-state index in [4.69, 9.17) is 0 Å². The van der Waals surface area contributed by atoms with Crippen LogP contribution in [0.15, 0.2) is 25.3 Å². The minimum absolute atomic E-state index is 0. The molecule has 0 aromatic heterocycles. The van der Waals surface area contributed by atoms with Crippen LogP contribution in [0.1, 0.15) is 12.8 Å². The van der Waals surface area contributed by atoms with Gasteiger partial charge in [0, 0.05) is 19.5 Å². The van der Waals surface area contributed by atoms with Crippen LogP contribution in [0.25, 0.3) is 0 Å². The van der Waals surface area contributed by atoms with Crippen molar-refractivity contribution in [3.8, 4) is 0 Å². The zero-order valence-corrected chi connectivity index (χ0v) is 7.18. The number of hydrogen-bond acceptors (Lipinski definition) is 0. The molecule has 1 radical (unpaired) electrons. The quantitative estimate of drug-likeness (QED) is 0.390. The Kier molecular flexibility index (Phi) is 30.9. The van der Waals surface area contributed by atoms with E-state index in [1.165, 1.54) is 0 Å². The summed E-state index contributed by atoms with van der Waals surface area (Å²) in [6.45, 7) is 7.10. The van der Waals surface area contributed by atoms with Crippen molar-refractivity contribution in [2.45, 2.75) is 12.8 Å². The third-order valence-corrected chi connectivity index (χ3v) is 0.575. The zero-order chi connectivity index (χ0) is 4.83. The monoisotopic (exact) mass is 221 g/mol. The molecule has 0 spiro atoms. The molecule has 8 heavy (non-hydrogen) atoms. The summed E-state index contributed by atoms with van der Waals surface area (Å²) in [5.74, 6) is 0. The van der Waals surface area contributed by atoms with E-state index < -0.39 is 0 Å². The molecule has 0 atom stereocenters. The van der Waals surface area contributed by atoms with Crippen molar-refractivity contribution in [3.05, 3.63) is 25.3 Å². The number of unbranched alkanes of at least 4 members (excludes halogenated alkanes) is 1. The predicted molar refractivity (Wildman–Crippen MR) is 36.9 cm³/mol. The Labute approximate surface area is 70.2 Å². The Hall–Kier alpha value is 0.393. The molecule has 0 saturated carbocycles. The molecule has 0 nitrogen and oxygen atoms in total. The Morgan fingerprint density at radius 2 is 1.25 bits per heavy atom. The van der Waals surface area contributed by atoms with Gasteiger partial charge in [0.1, 0.15) is 0 Å². The van der Waals surface area contributed by atoms with Gasteiger partial charge in [-0.3, -0.25) is 0 Å². The number of halogens is 1. The van der Waals surface area contributed by atoms with Gasteiger partial charge in [-0.05, 0) is 12.8 Å². The molecule has 51 valence electrons. The second kappa shape index (κ2) is 15.7. The maximum Gasteiger partial charge on any atom is 0 e. The van der Waals surface area contributed by atoms with Crippen molar-refractivity contribution in [2.75, 3.05) is 0 Å². The summed E-state index contributed by atoms with van der Waals surface area (Å²) in [5, 5.41) is 0. The molecule has 0 aliphatic carbocycles. The van der Waals surface area contributed by atoms with E-state index >= 15 is 0 Å². The summed E-state index contributed by atoms with van der Waals surface area (Å²) in [4.78, 5) is 0. The number of allylic oxidation sites excluding steroid dienone is 2. The summed E-state index contributed by atoms with van der Waals surface area (Å²) in [5.41, 5.74) is 0. The van der Waals surface area contributed by atoms with Crippen LogP contribution in [-0.4, -0.2) is 0 Å². The fourth-order valence-corrected chi connectivity index (χ4v) is 0.236. The smallest absolute Gasteiger partial charge is 0 e. The van der Waals surface area contributed by atoms with Gasteiger partial charge in [-0.25, -0.2) is 0 Å². The summed E-state index contributed by atoms with van der Waals surface area (Å²) < 4.78 is 0. The standard InChI is InChI=1S/C6H10.ClH.Rh/c1-3-5-6-4-2;;/h3-4H,1-2,5-6H2;1H;. The van der Waals surface area contributed by atoms with E-state index in [1.807, 2.05) is 12.2 Å². The van der Waals surface area contributed by atoms with Gasteiger partial charge in [0.25, 0.3) is 0 Å². The molecule has 0 aromatic carbocycles. The molecule has 0 aliphatic heterocycles. The van der Waals surface area contributed by atoms with Crippen molar-refractivity contribution in [2.24, 2.45) is 0 Å². The van der Waals surface area contributed by atoms with E-state index in [-0.39, 0.29) is 31.9 Å². The van der Waals surface area contributed by atoms with Gasteiger partial charge >= 0.3 is 0 Å².